The first kappa shape index (κ1) is 12.3. The Morgan fingerprint density at radius 3 is 2.75 bits per heavy atom. The molecule has 74 valence electrons. The average Bonchev–Trinajstić information content (AvgIpc) is 2.10. The lowest BCUT2D eigenvalue weighted by molar-refractivity contribution is 0.103. The second kappa shape index (κ2) is 9.36. The molecule has 0 aromatic carbocycles. The summed E-state index contributed by atoms with van der Waals surface area (Å²) in [7, 11) is 0. The molecular weight excluding hydrogens is 172 g/mol. The monoisotopic (exact) mass is 192 g/mol. The first-order valence-corrected chi connectivity index (χ1v) is 5.73. The highest BCUT2D eigenvalue weighted by atomic mass is 32.2. The van der Waals surface area contributed by atoms with E-state index in [9.17, 15) is 0 Å². The van der Waals surface area contributed by atoms with E-state index < -0.39 is 0 Å². The summed E-state index contributed by atoms with van der Waals surface area (Å²) >= 11 is 1.93. The lowest BCUT2D eigenvalue weighted by Gasteiger charge is -2.07. The van der Waals surface area contributed by atoms with Crippen LogP contribution in [0, 0.1) is 5.92 Å². The number of hydrogen-bond donors (Lipinski definition) is 1. The zero-order valence-electron chi connectivity index (χ0n) is 8.08. The molecule has 0 rings (SSSR count). The molecule has 0 aromatic heterocycles. The third-order valence-electron chi connectivity index (χ3n) is 1.71. The Kier molecular flexibility index (Phi) is 9.57. The third kappa shape index (κ3) is 8.37. The minimum absolute atomic E-state index is 0.135. The molecule has 1 N–H and O–H groups in total. The van der Waals surface area contributed by atoms with Gasteiger partial charge < -0.3 is 9.84 Å². The summed E-state index contributed by atoms with van der Waals surface area (Å²) in [6, 6.07) is 0. The number of thioether (sulfide) groups is 1. The molecule has 0 saturated heterocycles. The fourth-order valence-corrected chi connectivity index (χ4v) is 1.73. The normalized spacial score (nSPS) is 13.2. The zero-order valence-corrected chi connectivity index (χ0v) is 8.90. The van der Waals surface area contributed by atoms with Crippen molar-refractivity contribution < 1.29 is 9.84 Å². The largest absolute Gasteiger partial charge is 0.394 e. The van der Waals surface area contributed by atoms with E-state index in [0.29, 0.717) is 6.61 Å². The molecule has 1 unspecified atom stereocenters. The molecule has 0 amide bonds. The van der Waals surface area contributed by atoms with E-state index in [2.05, 4.69) is 13.8 Å². The van der Waals surface area contributed by atoms with Crippen LogP contribution in [0.5, 0.6) is 0 Å². The van der Waals surface area contributed by atoms with Gasteiger partial charge in [-0.2, -0.15) is 11.8 Å². The van der Waals surface area contributed by atoms with E-state index in [4.69, 9.17) is 9.84 Å². The van der Waals surface area contributed by atoms with Crippen molar-refractivity contribution in [1.82, 2.24) is 0 Å². The number of ether oxygens (including phenoxy) is 1. The molecule has 0 aromatic rings. The van der Waals surface area contributed by atoms with Gasteiger partial charge >= 0.3 is 0 Å². The van der Waals surface area contributed by atoms with Gasteiger partial charge in [-0.25, -0.2) is 0 Å². The Bertz CT molecular complexity index is 88.6. The average molecular weight is 192 g/mol. The Labute approximate surface area is 79.7 Å². The quantitative estimate of drug-likeness (QED) is 0.594. The Balaban J connectivity index is 2.90. The van der Waals surface area contributed by atoms with Gasteiger partial charge in [0.25, 0.3) is 0 Å². The number of aliphatic hydroxyl groups excluding tert-OH is 1. The lowest BCUT2D eigenvalue weighted by Crippen LogP contribution is -2.04. The van der Waals surface area contributed by atoms with E-state index in [1.54, 1.807) is 0 Å². The standard InChI is InChI=1S/C9H20O2S/c1-3-9(2)8-12-7-6-11-5-4-10/h9-10H,3-8H2,1-2H3. The molecule has 0 aliphatic carbocycles. The van der Waals surface area contributed by atoms with Crippen molar-refractivity contribution in [1.29, 1.82) is 0 Å². The predicted octanol–water partition coefficient (Wildman–Crippen LogP) is 1.77. The van der Waals surface area contributed by atoms with Crippen LogP contribution in [0.25, 0.3) is 0 Å². The molecule has 0 fully saturated rings. The molecule has 0 radical (unpaired) electrons. The highest BCUT2D eigenvalue weighted by Crippen LogP contribution is 2.10. The maximum absolute atomic E-state index is 8.42. The molecule has 3 heteroatoms. The van der Waals surface area contributed by atoms with Crippen LogP contribution in [0.2, 0.25) is 0 Å². The summed E-state index contributed by atoms with van der Waals surface area (Å²) in [6.45, 7) is 5.86. The Hall–Kier alpha value is 0.270. The van der Waals surface area contributed by atoms with Crippen molar-refractivity contribution in [3.05, 3.63) is 0 Å². The summed E-state index contributed by atoms with van der Waals surface area (Å²) in [5.74, 6) is 3.08. The van der Waals surface area contributed by atoms with E-state index in [1.807, 2.05) is 11.8 Å². The molecular formula is C9H20O2S. The van der Waals surface area contributed by atoms with Crippen molar-refractivity contribution in [3.8, 4) is 0 Å². The first-order chi connectivity index (χ1) is 5.81. The van der Waals surface area contributed by atoms with E-state index >= 15 is 0 Å². The molecule has 2 nitrogen and oxygen atoms in total. The summed E-state index contributed by atoms with van der Waals surface area (Å²) in [4.78, 5) is 0. The minimum atomic E-state index is 0.135. The van der Waals surface area contributed by atoms with Crippen LogP contribution in [0.15, 0.2) is 0 Å². The molecule has 0 aliphatic heterocycles. The van der Waals surface area contributed by atoms with Gasteiger partial charge in [0.1, 0.15) is 0 Å². The Morgan fingerprint density at radius 1 is 1.42 bits per heavy atom. The van der Waals surface area contributed by atoms with Crippen LogP contribution >= 0.6 is 11.8 Å². The maximum atomic E-state index is 8.42. The lowest BCUT2D eigenvalue weighted by atomic mass is 10.2. The van der Waals surface area contributed by atoms with Gasteiger partial charge in [-0.3, -0.25) is 0 Å². The third-order valence-corrected chi connectivity index (χ3v) is 2.97. The fraction of sp³-hybridized carbons (Fsp3) is 1.00. The van der Waals surface area contributed by atoms with Gasteiger partial charge in [-0.1, -0.05) is 20.3 Å². The molecule has 0 aliphatic rings. The smallest absolute Gasteiger partial charge is 0.0698 e. The van der Waals surface area contributed by atoms with Crippen molar-refractivity contribution in [2.45, 2.75) is 20.3 Å². The van der Waals surface area contributed by atoms with Crippen LogP contribution in [0.4, 0.5) is 0 Å². The van der Waals surface area contributed by atoms with Crippen LogP contribution in [-0.2, 0) is 4.74 Å². The second-order valence-corrected chi connectivity index (χ2v) is 4.07. The SMILES string of the molecule is CCC(C)CSCCOCCO. The van der Waals surface area contributed by atoms with Crippen LogP contribution in [0.1, 0.15) is 20.3 Å². The van der Waals surface area contributed by atoms with Crippen LogP contribution in [0.3, 0.4) is 0 Å². The van der Waals surface area contributed by atoms with E-state index in [0.717, 1.165) is 18.3 Å². The summed E-state index contributed by atoms with van der Waals surface area (Å²) < 4.78 is 5.13. The maximum Gasteiger partial charge on any atom is 0.0698 e. The predicted molar refractivity (Wildman–Crippen MR) is 54.7 cm³/mol. The minimum Gasteiger partial charge on any atom is -0.394 e. The highest BCUT2D eigenvalue weighted by Gasteiger charge is 1.97. The van der Waals surface area contributed by atoms with Gasteiger partial charge in [-0.15, -0.1) is 0 Å². The van der Waals surface area contributed by atoms with Gasteiger partial charge in [0.05, 0.1) is 19.8 Å². The first-order valence-electron chi connectivity index (χ1n) is 4.57. The highest BCUT2D eigenvalue weighted by molar-refractivity contribution is 7.99. The van der Waals surface area contributed by atoms with Gasteiger partial charge in [0, 0.05) is 5.75 Å². The van der Waals surface area contributed by atoms with E-state index in [1.165, 1.54) is 12.2 Å². The van der Waals surface area contributed by atoms with Crippen LogP contribution in [-0.4, -0.2) is 36.4 Å². The number of hydrogen-bond acceptors (Lipinski definition) is 3. The fourth-order valence-electron chi connectivity index (χ4n) is 0.687. The number of aliphatic hydroxyl groups is 1. The van der Waals surface area contributed by atoms with Gasteiger partial charge in [0.2, 0.25) is 0 Å². The Morgan fingerprint density at radius 2 is 2.17 bits per heavy atom. The van der Waals surface area contributed by atoms with Crippen molar-refractivity contribution in [3.63, 3.8) is 0 Å². The molecule has 0 saturated carbocycles. The van der Waals surface area contributed by atoms with Gasteiger partial charge in [-0.05, 0) is 11.7 Å². The number of rotatable bonds is 8. The van der Waals surface area contributed by atoms with Crippen molar-refractivity contribution in [2.24, 2.45) is 5.92 Å². The molecule has 0 heterocycles. The van der Waals surface area contributed by atoms with Crippen LogP contribution < -0.4 is 0 Å². The van der Waals surface area contributed by atoms with Crippen molar-refractivity contribution in [2.75, 3.05) is 31.3 Å². The molecule has 0 bridgehead atoms. The van der Waals surface area contributed by atoms with E-state index in [-0.39, 0.29) is 6.61 Å². The van der Waals surface area contributed by atoms with Gasteiger partial charge in [0.15, 0.2) is 0 Å². The molecule has 12 heavy (non-hydrogen) atoms. The molecule has 1 atom stereocenters. The summed E-state index contributed by atoms with van der Waals surface area (Å²) in [5.41, 5.74) is 0. The molecule has 0 spiro atoms. The summed E-state index contributed by atoms with van der Waals surface area (Å²) in [5, 5.41) is 8.42. The van der Waals surface area contributed by atoms with Crippen molar-refractivity contribution >= 4 is 11.8 Å². The topological polar surface area (TPSA) is 29.5 Å². The second-order valence-electron chi connectivity index (χ2n) is 2.92. The summed E-state index contributed by atoms with van der Waals surface area (Å²) in [6.07, 6.45) is 1.25. The zero-order chi connectivity index (χ0) is 9.23.